The molecule has 1 N–H and O–H groups in total. The molecule has 0 saturated heterocycles. The van der Waals surface area contributed by atoms with E-state index in [0.29, 0.717) is 5.75 Å². The number of nitrogens with one attached hydrogen (secondary N) is 1. The van der Waals surface area contributed by atoms with Gasteiger partial charge in [-0.15, -0.1) is 34.4 Å². The number of carbonyl (C=O) groups is 1. The molecule has 3 heterocycles. The van der Waals surface area contributed by atoms with Gasteiger partial charge in [-0.3, -0.25) is 4.79 Å². The molecular weight excluding hydrogens is 479 g/mol. The highest BCUT2D eigenvalue weighted by Crippen LogP contribution is 2.45. The Hall–Kier alpha value is -2.19. The number of thiazole rings is 1. The van der Waals surface area contributed by atoms with Crippen LogP contribution in [-0.2, 0) is 23.2 Å². The van der Waals surface area contributed by atoms with E-state index in [1.807, 2.05) is 6.07 Å². The number of hydrogen-bond acceptors (Lipinski definition) is 6. The summed E-state index contributed by atoms with van der Waals surface area (Å²) >= 11 is 5.00. The molecule has 0 aliphatic carbocycles. The van der Waals surface area contributed by atoms with E-state index in [2.05, 4.69) is 80.5 Å². The quantitative estimate of drug-likeness (QED) is 0.294. The van der Waals surface area contributed by atoms with Gasteiger partial charge in [-0.05, 0) is 54.3 Å². The van der Waals surface area contributed by atoms with Gasteiger partial charge in [0.15, 0.2) is 0 Å². The van der Waals surface area contributed by atoms with E-state index in [1.165, 1.54) is 20.7 Å². The summed E-state index contributed by atoms with van der Waals surface area (Å²) in [6, 6.07) is 16.8. The minimum atomic E-state index is 0.0270. The molecule has 2 aromatic carbocycles. The second-order valence-corrected chi connectivity index (χ2v) is 13.0. The molecule has 2 aromatic heterocycles. The van der Waals surface area contributed by atoms with Gasteiger partial charge in [0.25, 0.3) is 0 Å². The molecule has 0 saturated carbocycles. The number of nitrogens with zero attached hydrogens (tertiary/aromatic N) is 2. The molecule has 0 bridgehead atoms. The van der Waals surface area contributed by atoms with Crippen LogP contribution in [0.3, 0.4) is 0 Å². The number of amides is 1. The van der Waals surface area contributed by atoms with Crippen molar-refractivity contribution < 1.29 is 4.79 Å². The molecular formula is C27H29N3OS3. The van der Waals surface area contributed by atoms with Crippen molar-refractivity contribution >= 4 is 55.6 Å². The molecule has 0 radical (unpaired) electrons. The van der Waals surface area contributed by atoms with E-state index in [9.17, 15) is 4.79 Å². The largest absolute Gasteiger partial charge is 0.316 e. The maximum Gasteiger partial charge on any atom is 0.235 e. The van der Waals surface area contributed by atoms with Crippen LogP contribution in [0.1, 0.15) is 36.8 Å². The maximum atomic E-state index is 13.0. The van der Waals surface area contributed by atoms with Crippen molar-refractivity contribution in [2.45, 2.75) is 44.0 Å². The summed E-state index contributed by atoms with van der Waals surface area (Å²) in [6.07, 6.45) is 0.984. The van der Waals surface area contributed by atoms with Gasteiger partial charge in [-0.1, -0.05) is 45.0 Å². The van der Waals surface area contributed by atoms with Crippen molar-refractivity contribution in [3.05, 3.63) is 64.5 Å². The molecule has 7 heteroatoms. The number of anilines is 1. The molecule has 34 heavy (non-hydrogen) atoms. The summed E-state index contributed by atoms with van der Waals surface area (Å²) in [7, 11) is 2.15. The van der Waals surface area contributed by atoms with Crippen LogP contribution >= 0.6 is 34.4 Å². The average Bonchev–Trinajstić information content (AvgIpc) is 3.37. The van der Waals surface area contributed by atoms with Gasteiger partial charge >= 0.3 is 0 Å². The lowest BCUT2D eigenvalue weighted by Gasteiger charge is -2.22. The first kappa shape index (κ1) is 23.5. The third-order valence-corrected chi connectivity index (χ3v) is 9.30. The van der Waals surface area contributed by atoms with Gasteiger partial charge in [-0.25, -0.2) is 4.98 Å². The normalized spacial score (nSPS) is 14.4. The summed E-state index contributed by atoms with van der Waals surface area (Å²) in [5.41, 5.74) is 4.92. The third-order valence-electron chi connectivity index (χ3n) is 6.10. The van der Waals surface area contributed by atoms with Crippen LogP contribution in [0.15, 0.2) is 53.4 Å². The zero-order valence-corrected chi connectivity index (χ0v) is 22.4. The molecule has 0 spiro atoms. The number of hydrogen-bond donors (Lipinski definition) is 1. The van der Waals surface area contributed by atoms with Crippen LogP contribution in [0.5, 0.6) is 0 Å². The van der Waals surface area contributed by atoms with Crippen molar-refractivity contribution in [3.8, 4) is 10.6 Å². The summed E-state index contributed by atoms with van der Waals surface area (Å²) in [5.74, 6) is 0.413. The molecule has 1 aliphatic rings. The smallest absolute Gasteiger partial charge is 0.235 e. The lowest BCUT2D eigenvalue weighted by atomic mass is 9.87. The number of para-hydroxylation sites is 1. The minimum Gasteiger partial charge on any atom is -0.316 e. The number of aromatic nitrogens is 1. The van der Waals surface area contributed by atoms with Crippen molar-refractivity contribution in [1.29, 1.82) is 0 Å². The predicted molar refractivity (Wildman–Crippen MR) is 147 cm³/mol. The van der Waals surface area contributed by atoms with Crippen LogP contribution in [0, 0.1) is 0 Å². The Morgan fingerprint density at radius 3 is 2.62 bits per heavy atom. The van der Waals surface area contributed by atoms with Gasteiger partial charge < -0.3 is 10.2 Å². The van der Waals surface area contributed by atoms with Gasteiger partial charge in [0, 0.05) is 28.4 Å². The third kappa shape index (κ3) is 4.93. The molecule has 1 aliphatic heterocycles. The van der Waals surface area contributed by atoms with Crippen LogP contribution in [0.25, 0.3) is 20.8 Å². The molecule has 4 aromatic rings. The predicted octanol–water partition coefficient (Wildman–Crippen LogP) is 7.04. The zero-order chi connectivity index (χ0) is 23.9. The molecule has 0 atom stereocenters. The van der Waals surface area contributed by atoms with Gasteiger partial charge in [-0.2, -0.15) is 0 Å². The maximum absolute atomic E-state index is 13.0. The lowest BCUT2D eigenvalue weighted by Crippen LogP contribution is -2.25. The van der Waals surface area contributed by atoms with Crippen molar-refractivity contribution in [1.82, 2.24) is 9.88 Å². The number of rotatable bonds is 5. The van der Waals surface area contributed by atoms with E-state index in [0.717, 1.165) is 45.5 Å². The van der Waals surface area contributed by atoms with Gasteiger partial charge in [0.05, 0.1) is 16.0 Å². The number of thiophene rings is 1. The fourth-order valence-corrected chi connectivity index (χ4v) is 7.34. The lowest BCUT2D eigenvalue weighted by molar-refractivity contribution is -0.113. The standard InChI is InChI=1S/C27H29N3OS3/c1-27(2,3)17-9-11-18(12-10-17)32-16-23(31)29-26-24(19-13-14-30(4)15-22(19)34-26)25-28-20-7-5-6-8-21(20)33-25/h5-12H,13-16H2,1-4H3,(H,29,31). The number of benzene rings is 2. The molecule has 5 rings (SSSR count). The summed E-state index contributed by atoms with van der Waals surface area (Å²) in [4.78, 5) is 22.7. The Bertz CT molecular complexity index is 1300. The van der Waals surface area contributed by atoms with E-state index in [1.54, 1.807) is 34.4 Å². The highest BCUT2D eigenvalue weighted by atomic mass is 32.2. The van der Waals surface area contributed by atoms with E-state index in [-0.39, 0.29) is 11.3 Å². The van der Waals surface area contributed by atoms with Crippen molar-refractivity contribution in [3.63, 3.8) is 0 Å². The Morgan fingerprint density at radius 2 is 1.88 bits per heavy atom. The Kier molecular flexibility index (Phi) is 6.55. The Labute approximate surface area is 213 Å². The first-order chi connectivity index (χ1) is 16.3. The minimum absolute atomic E-state index is 0.0270. The summed E-state index contributed by atoms with van der Waals surface area (Å²) in [5, 5.41) is 5.18. The second kappa shape index (κ2) is 9.46. The van der Waals surface area contributed by atoms with Crippen LogP contribution in [0.4, 0.5) is 5.00 Å². The van der Waals surface area contributed by atoms with Gasteiger partial charge in [0.2, 0.25) is 5.91 Å². The SMILES string of the molecule is CN1CCc2c(sc(NC(=O)CSc3ccc(C(C)(C)C)cc3)c2-c2nc3ccccc3s2)C1. The van der Waals surface area contributed by atoms with Crippen LogP contribution in [-0.4, -0.2) is 35.1 Å². The summed E-state index contributed by atoms with van der Waals surface area (Å²) < 4.78 is 1.18. The monoisotopic (exact) mass is 507 g/mol. The fourth-order valence-electron chi connectivity index (χ4n) is 4.19. The fraction of sp³-hybridized carbons (Fsp3) is 0.333. The van der Waals surface area contributed by atoms with E-state index >= 15 is 0 Å². The van der Waals surface area contributed by atoms with Gasteiger partial charge in [0.1, 0.15) is 10.0 Å². The highest BCUT2D eigenvalue weighted by Gasteiger charge is 2.26. The average molecular weight is 508 g/mol. The Morgan fingerprint density at radius 1 is 1.12 bits per heavy atom. The van der Waals surface area contributed by atoms with Crippen molar-refractivity contribution in [2.24, 2.45) is 0 Å². The number of thioether (sulfide) groups is 1. The topological polar surface area (TPSA) is 45.2 Å². The number of likely N-dealkylation sites (N-methyl/N-ethyl adjacent to an activating group) is 1. The molecule has 4 nitrogen and oxygen atoms in total. The number of fused-ring (bicyclic) bond motifs is 2. The number of carbonyl (C=O) groups excluding carboxylic acids is 1. The van der Waals surface area contributed by atoms with E-state index in [4.69, 9.17) is 4.98 Å². The van der Waals surface area contributed by atoms with Crippen molar-refractivity contribution in [2.75, 3.05) is 24.7 Å². The summed E-state index contributed by atoms with van der Waals surface area (Å²) in [6.45, 7) is 8.58. The molecule has 0 fully saturated rings. The highest BCUT2D eigenvalue weighted by molar-refractivity contribution is 8.00. The van der Waals surface area contributed by atoms with Crippen LogP contribution < -0.4 is 5.32 Å². The molecule has 176 valence electrons. The van der Waals surface area contributed by atoms with Crippen LogP contribution in [0.2, 0.25) is 0 Å². The van der Waals surface area contributed by atoms with E-state index < -0.39 is 0 Å². The first-order valence-corrected chi connectivity index (χ1v) is 14.1. The zero-order valence-electron chi connectivity index (χ0n) is 20.0. The molecule has 0 unspecified atom stereocenters. The first-order valence-electron chi connectivity index (χ1n) is 11.5. The molecule has 1 amide bonds. The second-order valence-electron chi connectivity index (χ2n) is 9.79. The Balaban J connectivity index is 1.37.